The summed E-state index contributed by atoms with van der Waals surface area (Å²) in [7, 11) is 0. The second kappa shape index (κ2) is 8.98. The molecule has 194 valence electrons. The van der Waals surface area contributed by atoms with Gasteiger partial charge < -0.3 is 4.98 Å². The summed E-state index contributed by atoms with van der Waals surface area (Å²) in [5, 5.41) is 8.24. The maximum absolute atomic E-state index is 14.5. The predicted molar refractivity (Wildman–Crippen MR) is 140 cm³/mol. The minimum Gasteiger partial charge on any atom is -0.336 e. The number of nitrogens with one attached hydrogen (secondary N) is 2. The third-order valence-corrected chi connectivity index (χ3v) is 6.95. The molecule has 0 unspecified atom stereocenters. The average molecular weight is 527 g/mol. The third-order valence-electron chi connectivity index (χ3n) is 6.95. The van der Waals surface area contributed by atoms with Crippen LogP contribution in [0.4, 0.5) is 13.2 Å². The van der Waals surface area contributed by atoms with Crippen molar-refractivity contribution in [3.63, 3.8) is 0 Å². The number of H-pyrrole nitrogens is 2. The Hall–Kier alpha value is -4.64. The maximum Gasteiger partial charge on any atom is 0.261 e. The standard InChI is InChI=1S/C28H21F3N8/c29-20-4-2-1-3-18(20)24-26-21(5-7-33-24)35-27(36-26)25-19-10-22(34-13-23(19)37-38-25)17-9-16(11-32-12-17)14-39-8-6-28(30,31)15-39/h1-5,7,9-13H,6,8,14-15H2,(H,35,36)(H,37,38). The molecule has 1 aromatic carbocycles. The van der Waals surface area contributed by atoms with Gasteiger partial charge in [0.05, 0.1) is 29.5 Å². The molecule has 5 aromatic heterocycles. The first-order valence-corrected chi connectivity index (χ1v) is 12.4. The molecule has 0 spiro atoms. The van der Waals surface area contributed by atoms with Crippen LogP contribution >= 0.6 is 0 Å². The highest BCUT2D eigenvalue weighted by molar-refractivity contribution is 5.96. The zero-order chi connectivity index (χ0) is 26.6. The van der Waals surface area contributed by atoms with Gasteiger partial charge in [-0.05, 0) is 35.9 Å². The van der Waals surface area contributed by atoms with E-state index in [1.807, 2.05) is 12.1 Å². The average Bonchev–Trinajstić information content (AvgIpc) is 3.64. The summed E-state index contributed by atoms with van der Waals surface area (Å²) in [5.74, 6) is -2.52. The molecule has 0 radical (unpaired) electrons. The molecule has 0 saturated carbocycles. The Morgan fingerprint density at radius 1 is 0.974 bits per heavy atom. The Morgan fingerprint density at radius 2 is 1.87 bits per heavy atom. The van der Waals surface area contributed by atoms with E-state index in [1.165, 1.54) is 6.07 Å². The van der Waals surface area contributed by atoms with Gasteiger partial charge in [0.2, 0.25) is 0 Å². The highest BCUT2D eigenvalue weighted by Crippen LogP contribution is 2.33. The van der Waals surface area contributed by atoms with E-state index in [0.29, 0.717) is 58.1 Å². The van der Waals surface area contributed by atoms with Crippen LogP contribution in [0, 0.1) is 5.82 Å². The van der Waals surface area contributed by atoms with Crippen LogP contribution in [-0.2, 0) is 6.54 Å². The highest BCUT2D eigenvalue weighted by Gasteiger charge is 2.37. The Labute approximate surface area is 220 Å². The van der Waals surface area contributed by atoms with E-state index in [4.69, 9.17) is 4.98 Å². The van der Waals surface area contributed by atoms with Crippen LogP contribution < -0.4 is 0 Å². The van der Waals surface area contributed by atoms with E-state index in [-0.39, 0.29) is 18.8 Å². The van der Waals surface area contributed by atoms with Gasteiger partial charge in [-0.2, -0.15) is 5.10 Å². The van der Waals surface area contributed by atoms with Crippen LogP contribution in [0.25, 0.3) is 56.0 Å². The molecule has 2 N–H and O–H groups in total. The van der Waals surface area contributed by atoms with Crippen molar-refractivity contribution in [2.45, 2.75) is 18.9 Å². The molecule has 0 bridgehead atoms. The third kappa shape index (κ3) is 4.30. The molecule has 6 heterocycles. The fourth-order valence-electron chi connectivity index (χ4n) is 5.07. The quantitative estimate of drug-likeness (QED) is 0.303. The number of halogens is 3. The van der Waals surface area contributed by atoms with Gasteiger partial charge >= 0.3 is 0 Å². The Kier molecular flexibility index (Phi) is 5.41. The lowest BCUT2D eigenvalue weighted by molar-refractivity contribution is 0.0115. The van der Waals surface area contributed by atoms with E-state index >= 15 is 0 Å². The van der Waals surface area contributed by atoms with Crippen molar-refractivity contribution in [2.75, 3.05) is 13.1 Å². The summed E-state index contributed by atoms with van der Waals surface area (Å²) < 4.78 is 41.8. The minimum atomic E-state index is -2.64. The molecular weight excluding hydrogens is 505 g/mol. The topological polar surface area (TPSA) is 99.3 Å². The van der Waals surface area contributed by atoms with Gasteiger partial charge in [0.25, 0.3) is 5.92 Å². The molecule has 7 rings (SSSR count). The number of imidazole rings is 1. The number of hydrogen-bond donors (Lipinski definition) is 2. The maximum atomic E-state index is 14.5. The van der Waals surface area contributed by atoms with Crippen molar-refractivity contribution < 1.29 is 13.2 Å². The monoisotopic (exact) mass is 526 g/mol. The van der Waals surface area contributed by atoms with Crippen molar-refractivity contribution in [1.82, 2.24) is 40.0 Å². The largest absolute Gasteiger partial charge is 0.336 e. The molecule has 0 atom stereocenters. The lowest BCUT2D eigenvalue weighted by atomic mass is 10.1. The molecule has 0 aliphatic carbocycles. The van der Waals surface area contributed by atoms with Gasteiger partial charge in [0.1, 0.15) is 22.7 Å². The normalized spacial score (nSPS) is 15.5. The van der Waals surface area contributed by atoms with Gasteiger partial charge in [0, 0.05) is 54.6 Å². The van der Waals surface area contributed by atoms with E-state index in [0.717, 1.165) is 16.5 Å². The number of benzene rings is 1. The van der Waals surface area contributed by atoms with Crippen LogP contribution in [0.3, 0.4) is 0 Å². The summed E-state index contributed by atoms with van der Waals surface area (Å²) >= 11 is 0. The number of fused-ring (bicyclic) bond motifs is 2. The summed E-state index contributed by atoms with van der Waals surface area (Å²) in [4.78, 5) is 23.0. The summed E-state index contributed by atoms with van der Waals surface area (Å²) in [6.07, 6.45) is 6.56. The number of aromatic nitrogens is 7. The van der Waals surface area contributed by atoms with Gasteiger partial charge in [-0.1, -0.05) is 12.1 Å². The molecule has 1 fully saturated rings. The highest BCUT2D eigenvalue weighted by atomic mass is 19.3. The summed E-state index contributed by atoms with van der Waals surface area (Å²) in [6.45, 7) is 0.504. The van der Waals surface area contributed by atoms with Crippen LogP contribution in [0.1, 0.15) is 12.0 Å². The van der Waals surface area contributed by atoms with Crippen molar-refractivity contribution in [2.24, 2.45) is 0 Å². The molecule has 1 saturated heterocycles. The second-order valence-electron chi connectivity index (χ2n) is 9.71. The zero-order valence-corrected chi connectivity index (χ0v) is 20.5. The fraction of sp³-hybridized carbons (Fsp3) is 0.179. The first kappa shape index (κ1) is 23.5. The molecule has 6 aromatic rings. The minimum absolute atomic E-state index is 0.124. The number of aromatic amines is 2. The fourth-order valence-corrected chi connectivity index (χ4v) is 5.07. The van der Waals surface area contributed by atoms with E-state index in [9.17, 15) is 13.2 Å². The van der Waals surface area contributed by atoms with Gasteiger partial charge in [-0.3, -0.25) is 25.0 Å². The zero-order valence-electron chi connectivity index (χ0n) is 20.5. The van der Waals surface area contributed by atoms with Crippen LogP contribution in [0.2, 0.25) is 0 Å². The number of rotatable bonds is 5. The van der Waals surface area contributed by atoms with Gasteiger partial charge in [0.15, 0.2) is 5.82 Å². The number of nitrogens with zero attached hydrogens (tertiary/aromatic N) is 6. The van der Waals surface area contributed by atoms with Crippen molar-refractivity contribution in [3.8, 4) is 34.0 Å². The first-order chi connectivity index (χ1) is 18.9. The Balaban J connectivity index is 1.25. The number of pyridine rings is 3. The molecule has 8 nitrogen and oxygen atoms in total. The molecule has 1 aliphatic heterocycles. The van der Waals surface area contributed by atoms with Crippen molar-refractivity contribution in [3.05, 3.63) is 78.6 Å². The van der Waals surface area contributed by atoms with E-state index in [2.05, 4.69) is 30.1 Å². The predicted octanol–water partition coefficient (Wildman–Crippen LogP) is 5.61. The number of likely N-dealkylation sites (tertiary alicyclic amines) is 1. The van der Waals surface area contributed by atoms with E-state index in [1.54, 1.807) is 54.0 Å². The van der Waals surface area contributed by atoms with Crippen LogP contribution in [-0.4, -0.2) is 59.0 Å². The number of hydrogen-bond acceptors (Lipinski definition) is 6. The first-order valence-electron chi connectivity index (χ1n) is 12.4. The molecular formula is C28H21F3N8. The van der Waals surface area contributed by atoms with Crippen LogP contribution in [0.15, 0.2) is 67.3 Å². The summed E-state index contributed by atoms with van der Waals surface area (Å²) in [5.41, 5.74) is 5.60. The Bertz CT molecular complexity index is 1840. The molecule has 0 amide bonds. The lowest BCUT2D eigenvalue weighted by Crippen LogP contribution is -2.24. The smallest absolute Gasteiger partial charge is 0.261 e. The number of alkyl halides is 2. The lowest BCUT2D eigenvalue weighted by Gasteiger charge is -2.15. The molecule has 11 heteroatoms. The van der Waals surface area contributed by atoms with Crippen molar-refractivity contribution in [1.29, 1.82) is 0 Å². The molecule has 39 heavy (non-hydrogen) atoms. The van der Waals surface area contributed by atoms with Crippen molar-refractivity contribution >= 4 is 21.9 Å². The second-order valence-corrected chi connectivity index (χ2v) is 9.71. The molecule has 1 aliphatic rings. The summed E-state index contributed by atoms with van der Waals surface area (Å²) in [6, 6.07) is 12.0. The van der Waals surface area contributed by atoms with E-state index < -0.39 is 5.92 Å². The Morgan fingerprint density at radius 3 is 2.72 bits per heavy atom. The van der Waals surface area contributed by atoms with Gasteiger partial charge in [-0.15, -0.1) is 0 Å². The van der Waals surface area contributed by atoms with Gasteiger partial charge in [-0.25, -0.2) is 18.2 Å². The van der Waals surface area contributed by atoms with Crippen LogP contribution in [0.5, 0.6) is 0 Å². The SMILES string of the molecule is Fc1ccccc1-c1nccc2[nH]c(-c3n[nH]c4cnc(-c5cncc(CN6CCC(F)(F)C6)c5)cc34)nc12.